The van der Waals surface area contributed by atoms with Crippen molar-refractivity contribution in [3.8, 4) is 0 Å². The van der Waals surface area contributed by atoms with Crippen LogP contribution in [0.25, 0.3) is 6.08 Å². The van der Waals surface area contributed by atoms with Crippen molar-refractivity contribution in [2.45, 2.75) is 6.42 Å². The van der Waals surface area contributed by atoms with Gasteiger partial charge in [0.2, 0.25) is 0 Å². The van der Waals surface area contributed by atoms with Crippen molar-refractivity contribution in [1.82, 2.24) is 4.90 Å². The van der Waals surface area contributed by atoms with Crippen molar-refractivity contribution < 1.29 is 23.5 Å². The number of imide groups is 1. The summed E-state index contributed by atoms with van der Waals surface area (Å²) in [6, 6.07) is 12.5. The van der Waals surface area contributed by atoms with Crippen LogP contribution in [0.2, 0.25) is 0 Å². The molecule has 1 aliphatic rings. The number of hydrogen-bond donors (Lipinski definition) is 0. The summed E-state index contributed by atoms with van der Waals surface area (Å²) in [5.74, 6) is -1.62. The van der Waals surface area contributed by atoms with Gasteiger partial charge in [0.1, 0.15) is 5.82 Å². The molecule has 132 valence electrons. The van der Waals surface area contributed by atoms with Crippen LogP contribution in [-0.4, -0.2) is 35.8 Å². The molecule has 2 aromatic rings. The number of hydrogen-bond acceptors (Lipinski definition) is 4. The predicted molar refractivity (Wildman–Crippen MR) is 92.8 cm³/mol. The molecule has 0 aromatic heterocycles. The van der Waals surface area contributed by atoms with E-state index in [1.807, 2.05) is 0 Å². The van der Waals surface area contributed by atoms with Crippen LogP contribution in [0.15, 0.2) is 54.6 Å². The van der Waals surface area contributed by atoms with Crippen LogP contribution in [0.1, 0.15) is 32.7 Å². The molecule has 2 aromatic carbocycles. The Labute approximate surface area is 149 Å². The standard InChI is InChI=1S/C20H16FNO4/c21-15-6-3-5-14(13-15)9-10-18(23)26-12-4-11-22-19(24)16-7-1-2-8-17(16)20(22)25/h1-3,5-10,13H,4,11-12H2/b10-9+. The lowest BCUT2D eigenvalue weighted by atomic mass is 10.1. The van der Waals surface area contributed by atoms with Gasteiger partial charge in [-0.25, -0.2) is 9.18 Å². The Morgan fingerprint density at radius 2 is 1.73 bits per heavy atom. The molecule has 26 heavy (non-hydrogen) atoms. The van der Waals surface area contributed by atoms with Gasteiger partial charge in [-0.05, 0) is 42.3 Å². The molecule has 0 spiro atoms. The Balaban J connectivity index is 1.45. The average molecular weight is 353 g/mol. The molecular formula is C20H16FNO4. The van der Waals surface area contributed by atoms with E-state index in [2.05, 4.69) is 0 Å². The molecule has 3 rings (SSSR count). The zero-order valence-corrected chi connectivity index (χ0v) is 13.9. The van der Waals surface area contributed by atoms with E-state index in [0.29, 0.717) is 23.1 Å². The molecule has 0 fully saturated rings. The summed E-state index contributed by atoms with van der Waals surface area (Å²) in [7, 11) is 0. The van der Waals surface area contributed by atoms with E-state index >= 15 is 0 Å². The Bertz CT molecular complexity index is 856. The summed E-state index contributed by atoms with van der Waals surface area (Å²) in [6.07, 6.45) is 3.00. The quantitative estimate of drug-likeness (QED) is 0.347. The third kappa shape index (κ3) is 3.85. The number of amides is 2. The van der Waals surface area contributed by atoms with E-state index in [1.165, 1.54) is 24.3 Å². The van der Waals surface area contributed by atoms with Crippen LogP contribution in [0, 0.1) is 5.82 Å². The van der Waals surface area contributed by atoms with Gasteiger partial charge in [0.25, 0.3) is 11.8 Å². The van der Waals surface area contributed by atoms with Crippen molar-refractivity contribution >= 4 is 23.9 Å². The summed E-state index contributed by atoms with van der Waals surface area (Å²) < 4.78 is 18.1. The monoisotopic (exact) mass is 353 g/mol. The van der Waals surface area contributed by atoms with Gasteiger partial charge in [0.15, 0.2) is 0 Å². The van der Waals surface area contributed by atoms with Crippen LogP contribution < -0.4 is 0 Å². The molecule has 2 amide bonds. The third-order valence-corrected chi connectivity index (χ3v) is 3.91. The number of carbonyl (C=O) groups excluding carboxylic acids is 3. The molecular weight excluding hydrogens is 337 g/mol. The molecule has 0 aliphatic carbocycles. The van der Waals surface area contributed by atoms with E-state index in [0.717, 1.165) is 4.90 Å². The Morgan fingerprint density at radius 1 is 1.04 bits per heavy atom. The van der Waals surface area contributed by atoms with Crippen molar-refractivity contribution in [2.24, 2.45) is 0 Å². The van der Waals surface area contributed by atoms with Crippen LogP contribution >= 0.6 is 0 Å². The zero-order chi connectivity index (χ0) is 18.5. The predicted octanol–water partition coefficient (Wildman–Crippen LogP) is 3.07. The van der Waals surface area contributed by atoms with Gasteiger partial charge in [-0.15, -0.1) is 0 Å². The lowest BCUT2D eigenvalue weighted by Crippen LogP contribution is -2.31. The molecule has 0 saturated carbocycles. The number of esters is 1. The van der Waals surface area contributed by atoms with Gasteiger partial charge in [-0.2, -0.15) is 0 Å². The molecule has 0 radical (unpaired) electrons. The first kappa shape index (κ1) is 17.5. The number of nitrogens with zero attached hydrogens (tertiary/aromatic N) is 1. The van der Waals surface area contributed by atoms with Gasteiger partial charge >= 0.3 is 5.97 Å². The normalized spacial score (nSPS) is 13.3. The van der Waals surface area contributed by atoms with E-state index in [9.17, 15) is 18.8 Å². The van der Waals surface area contributed by atoms with Gasteiger partial charge in [0.05, 0.1) is 17.7 Å². The Kier molecular flexibility index (Phi) is 5.22. The van der Waals surface area contributed by atoms with Crippen molar-refractivity contribution in [1.29, 1.82) is 0 Å². The summed E-state index contributed by atoms with van der Waals surface area (Å²) in [4.78, 5) is 37.2. The zero-order valence-electron chi connectivity index (χ0n) is 13.9. The second-order valence-corrected chi connectivity index (χ2v) is 5.72. The van der Waals surface area contributed by atoms with Crippen LogP contribution in [0.4, 0.5) is 4.39 Å². The van der Waals surface area contributed by atoms with Gasteiger partial charge < -0.3 is 4.74 Å². The van der Waals surface area contributed by atoms with E-state index in [4.69, 9.17) is 4.74 Å². The molecule has 0 bridgehead atoms. The highest BCUT2D eigenvalue weighted by atomic mass is 19.1. The fourth-order valence-corrected chi connectivity index (χ4v) is 2.66. The van der Waals surface area contributed by atoms with Gasteiger partial charge in [0, 0.05) is 12.6 Å². The fraction of sp³-hybridized carbons (Fsp3) is 0.150. The maximum absolute atomic E-state index is 13.0. The highest BCUT2D eigenvalue weighted by Crippen LogP contribution is 2.22. The van der Waals surface area contributed by atoms with Crippen LogP contribution in [0.3, 0.4) is 0 Å². The van der Waals surface area contributed by atoms with Gasteiger partial charge in [-0.1, -0.05) is 24.3 Å². The largest absolute Gasteiger partial charge is 0.462 e. The SMILES string of the molecule is O=C(/C=C/c1cccc(F)c1)OCCCN1C(=O)c2ccccc2C1=O. The number of ether oxygens (including phenoxy) is 1. The molecule has 0 unspecified atom stereocenters. The molecule has 1 heterocycles. The maximum atomic E-state index is 13.0. The van der Waals surface area contributed by atoms with Crippen molar-refractivity contribution in [2.75, 3.05) is 13.2 Å². The molecule has 0 saturated heterocycles. The number of fused-ring (bicyclic) bond motifs is 1. The summed E-state index contributed by atoms with van der Waals surface area (Å²) in [5.41, 5.74) is 1.34. The van der Waals surface area contributed by atoms with Crippen molar-refractivity contribution in [3.05, 3.63) is 77.1 Å². The second kappa shape index (κ2) is 7.74. The first-order valence-corrected chi connectivity index (χ1v) is 8.12. The molecule has 0 atom stereocenters. The average Bonchev–Trinajstić information content (AvgIpc) is 2.88. The van der Waals surface area contributed by atoms with Gasteiger partial charge in [-0.3, -0.25) is 14.5 Å². The minimum absolute atomic E-state index is 0.0692. The molecule has 5 nitrogen and oxygen atoms in total. The van der Waals surface area contributed by atoms with E-state index in [-0.39, 0.29) is 30.8 Å². The summed E-state index contributed by atoms with van der Waals surface area (Å²) >= 11 is 0. The first-order valence-electron chi connectivity index (χ1n) is 8.12. The number of benzene rings is 2. The Morgan fingerprint density at radius 3 is 2.38 bits per heavy atom. The summed E-state index contributed by atoms with van der Waals surface area (Å²) in [6.45, 7) is 0.243. The highest BCUT2D eigenvalue weighted by molar-refractivity contribution is 6.21. The first-order chi connectivity index (χ1) is 12.6. The molecule has 6 heteroatoms. The Hall–Kier alpha value is -3.28. The number of carbonyl (C=O) groups is 3. The lowest BCUT2D eigenvalue weighted by molar-refractivity contribution is -0.137. The fourth-order valence-electron chi connectivity index (χ4n) is 2.66. The topological polar surface area (TPSA) is 63.7 Å². The van der Waals surface area contributed by atoms with Crippen molar-refractivity contribution in [3.63, 3.8) is 0 Å². The smallest absolute Gasteiger partial charge is 0.330 e. The van der Waals surface area contributed by atoms with Crippen LogP contribution in [-0.2, 0) is 9.53 Å². The molecule has 1 aliphatic heterocycles. The lowest BCUT2D eigenvalue weighted by Gasteiger charge is -2.13. The minimum Gasteiger partial charge on any atom is -0.462 e. The number of rotatable bonds is 6. The summed E-state index contributed by atoms with van der Waals surface area (Å²) in [5, 5.41) is 0. The number of halogens is 1. The minimum atomic E-state index is -0.573. The third-order valence-electron chi connectivity index (χ3n) is 3.91. The van der Waals surface area contributed by atoms with E-state index < -0.39 is 5.97 Å². The highest BCUT2D eigenvalue weighted by Gasteiger charge is 2.34. The molecule has 0 N–H and O–H groups in total. The maximum Gasteiger partial charge on any atom is 0.330 e. The van der Waals surface area contributed by atoms with E-state index in [1.54, 1.807) is 36.4 Å². The second-order valence-electron chi connectivity index (χ2n) is 5.72. The van der Waals surface area contributed by atoms with Crippen LogP contribution in [0.5, 0.6) is 0 Å².